The summed E-state index contributed by atoms with van der Waals surface area (Å²) in [4.78, 5) is 0.208. The van der Waals surface area contributed by atoms with Gasteiger partial charge < -0.3 is 9.47 Å². The van der Waals surface area contributed by atoms with E-state index in [4.69, 9.17) is 9.47 Å². The molecule has 0 aromatic heterocycles. The summed E-state index contributed by atoms with van der Waals surface area (Å²) in [5.74, 6) is 1.39. The van der Waals surface area contributed by atoms with E-state index in [-0.39, 0.29) is 18.0 Å². The van der Waals surface area contributed by atoms with Gasteiger partial charge in [0.1, 0.15) is 18.1 Å². The number of halogens is 1. The van der Waals surface area contributed by atoms with Gasteiger partial charge >= 0.3 is 0 Å². The van der Waals surface area contributed by atoms with Gasteiger partial charge in [-0.1, -0.05) is 12.1 Å². The van der Waals surface area contributed by atoms with Gasteiger partial charge in [0.25, 0.3) is 0 Å². The maximum absolute atomic E-state index is 12.1. The SMILES string of the molecule is COc1ccc(OCCNS(=O)(=O)c2ccccc2Br)cc1. The quantitative estimate of drug-likeness (QED) is 0.744. The van der Waals surface area contributed by atoms with Crippen molar-refractivity contribution in [2.24, 2.45) is 0 Å². The van der Waals surface area contributed by atoms with Crippen molar-refractivity contribution in [3.63, 3.8) is 0 Å². The molecule has 0 aliphatic heterocycles. The lowest BCUT2D eigenvalue weighted by atomic mass is 10.3. The van der Waals surface area contributed by atoms with Gasteiger partial charge in [0, 0.05) is 11.0 Å². The molecule has 2 aromatic rings. The average molecular weight is 386 g/mol. The van der Waals surface area contributed by atoms with Gasteiger partial charge in [0.15, 0.2) is 0 Å². The molecule has 0 bridgehead atoms. The maximum Gasteiger partial charge on any atom is 0.241 e. The van der Waals surface area contributed by atoms with E-state index in [9.17, 15) is 8.42 Å². The summed E-state index contributed by atoms with van der Waals surface area (Å²) in [6.07, 6.45) is 0. The van der Waals surface area contributed by atoms with Crippen molar-refractivity contribution in [3.05, 3.63) is 53.0 Å². The minimum Gasteiger partial charge on any atom is -0.497 e. The van der Waals surface area contributed by atoms with Gasteiger partial charge in [-0.25, -0.2) is 13.1 Å². The van der Waals surface area contributed by atoms with Crippen LogP contribution in [0.2, 0.25) is 0 Å². The lowest BCUT2D eigenvalue weighted by molar-refractivity contribution is 0.322. The molecule has 7 heteroatoms. The second kappa shape index (κ2) is 7.62. The molecule has 22 heavy (non-hydrogen) atoms. The van der Waals surface area contributed by atoms with Crippen LogP contribution in [0.5, 0.6) is 11.5 Å². The van der Waals surface area contributed by atoms with E-state index in [1.807, 2.05) is 0 Å². The average Bonchev–Trinajstić information content (AvgIpc) is 2.52. The van der Waals surface area contributed by atoms with Crippen LogP contribution in [0.3, 0.4) is 0 Å². The largest absolute Gasteiger partial charge is 0.497 e. The zero-order valence-corrected chi connectivity index (χ0v) is 14.4. The predicted octanol–water partition coefficient (Wildman–Crippen LogP) is 2.82. The van der Waals surface area contributed by atoms with Gasteiger partial charge in [-0.05, 0) is 52.3 Å². The molecule has 118 valence electrons. The first-order valence-electron chi connectivity index (χ1n) is 6.54. The van der Waals surface area contributed by atoms with Gasteiger partial charge in [-0.15, -0.1) is 0 Å². The first-order valence-corrected chi connectivity index (χ1v) is 8.81. The molecule has 0 aliphatic carbocycles. The summed E-state index contributed by atoms with van der Waals surface area (Å²) in [6.45, 7) is 0.408. The Labute approximate surface area is 138 Å². The van der Waals surface area contributed by atoms with Crippen LogP contribution in [0.25, 0.3) is 0 Å². The number of ether oxygens (including phenoxy) is 2. The smallest absolute Gasteiger partial charge is 0.241 e. The minimum atomic E-state index is -3.55. The lowest BCUT2D eigenvalue weighted by Crippen LogP contribution is -2.28. The van der Waals surface area contributed by atoms with E-state index in [0.29, 0.717) is 10.2 Å². The fraction of sp³-hybridized carbons (Fsp3) is 0.200. The summed E-state index contributed by atoms with van der Waals surface area (Å²) >= 11 is 3.23. The van der Waals surface area contributed by atoms with Crippen molar-refractivity contribution in [2.45, 2.75) is 4.90 Å². The van der Waals surface area contributed by atoms with E-state index >= 15 is 0 Å². The van der Waals surface area contributed by atoms with Gasteiger partial charge in [0.2, 0.25) is 10.0 Å². The molecule has 0 atom stereocenters. The van der Waals surface area contributed by atoms with Crippen LogP contribution in [-0.2, 0) is 10.0 Å². The molecule has 0 amide bonds. The number of rotatable bonds is 7. The minimum absolute atomic E-state index is 0.176. The number of methoxy groups -OCH3 is 1. The Morgan fingerprint density at radius 2 is 1.68 bits per heavy atom. The van der Waals surface area contributed by atoms with Crippen molar-refractivity contribution in [2.75, 3.05) is 20.3 Å². The molecule has 0 fully saturated rings. The summed E-state index contributed by atoms with van der Waals surface area (Å²) in [5.41, 5.74) is 0. The topological polar surface area (TPSA) is 64.6 Å². The zero-order valence-electron chi connectivity index (χ0n) is 12.0. The van der Waals surface area contributed by atoms with Gasteiger partial charge in [0.05, 0.1) is 12.0 Å². The van der Waals surface area contributed by atoms with Crippen molar-refractivity contribution < 1.29 is 17.9 Å². The summed E-state index contributed by atoms with van der Waals surface area (Å²) < 4.78 is 37.8. The van der Waals surface area contributed by atoms with Crippen LogP contribution in [0, 0.1) is 0 Å². The number of nitrogens with one attached hydrogen (secondary N) is 1. The Hall–Kier alpha value is -1.57. The number of sulfonamides is 1. The molecule has 0 radical (unpaired) electrons. The first kappa shape index (κ1) is 16.8. The third-order valence-electron chi connectivity index (χ3n) is 2.85. The first-order chi connectivity index (χ1) is 10.5. The summed E-state index contributed by atoms with van der Waals surface area (Å²) in [5, 5.41) is 0. The standard InChI is InChI=1S/C15H16BrNO4S/c1-20-12-6-8-13(9-7-12)21-11-10-17-22(18,19)15-5-3-2-4-14(15)16/h2-9,17H,10-11H2,1H3. The van der Waals surface area contributed by atoms with Crippen LogP contribution < -0.4 is 14.2 Å². The van der Waals surface area contributed by atoms with E-state index < -0.39 is 10.0 Å². The Morgan fingerprint density at radius 3 is 2.32 bits per heavy atom. The molecule has 0 unspecified atom stereocenters. The fourth-order valence-electron chi connectivity index (χ4n) is 1.76. The third-order valence-corrected chi connectivity index (χ3v) is 5.32. The molecule has 2 rings (SSSR count). The second-order valence-corrected chi connectivity index (χ2v) is 6.94. The molecule has 5 nitrogen and oxygen atoms in total. The van der Waals surface area contributed by atoms with Crippen LogP contribution in [-0.4, -0.2) is 28.7 Å². The van der Waals surface area contributed by atoms with Crippen molar-refractivity contribution in [3.8, 4) is 11.5 Å². The van der Waals surface area contributed by atoms with Gasteiger partial charge in [-0.3, -0.25) is 0 Å². The number of hydrogen-bond donors (Lipinski definition) is 1. The molecular formula is C15H16BrNO4S. The molecule has 1 N–H and O–H groups in total. The summed E-state index contributed by atoms with van der Waals surface area (Å²) in [6, 6.07) is 13.7. The molecule has 0 spiro atoms. The highest BCUT2D eigenvalue weighted by molar-refractivity contribution is 9.10. The van der Waals surface area contributed by atoms with Crippen LogP contribution in [0.1, 0.15) is 0 Å². The molecule has 0 aliphatic rings. The van der Waals surface area contributed by atoms with E-state index in [0.717, 1.165) is 5.75 Å². The van der Waals surface area contributed by atoms with Crippen molar-refractivity contribution >= 4 is 26.0 Å². The maximum atomic E-state index is 12.1. The van der Waals surface area contributed by atoms with E-state index in [1.54, 1.807) is 49.6 Å². The van der Waals surface area contributed by atoms with Crippen molar-refractivity contribution in [1.82, 2.24) is 4.72 Å². The molecule has 2 aromatic carbocycles. The lowest BCUT2D eigenvalue weighted by Gasteiger charge is -2.10. The Morgan fingerprint density at radius 1 is 1.05 bits per heavy atom. The molecule has 0 saturated heterocycles. The van der Waals surface area contributed by atoms with Crippen molar-refractivity contribution in [1.29, 1.82) is 0 Å². The Kier molecular flexibility index (Phi) is 5.82. The highest BCUT2D eigenvalue weighted by Gasteiger charge is 2.16. The van der Waals surface area contributed by atoms with E-state index in [2.05, 4.69) is 20.7 Å². The summed E-state index contributed by atoms with van der Waals surface area (Å²) in [7, 11) is -1.96. The van der Waals surface area contributed by atoms with E-state index in [1.165, 1.54) is 6.07 Å². The Balaban J connectivity index is 1.86. The van der Waals surface area contributed by atoms with Gasteiger partial charge in [-0.2, -0.15) is 0 Å². The fourth-order valence-corrected chi connectivity index (χ4v) is 3.77. The highest BCUT2D eigenvalue weighted by Crippen LogP contribution is 2.20. The molecule has 0 heterocycles. The number of benzene rings is 2. The molecular weight excluding hydrogens is 370 g/mol. The van der Waals surface area contributed by atoms with Crippen LogP contribution >= 0.6 is 15.9 Å². The monoisotopic (exact) mass is 385 g/mol. The van der Waals surface area contributed by atoms with Crippen LogP contribution in [0.15, 0.2) is 57.9 Å². The van der Waals surface area contributed by atoms with Crippen LogP contribution in [0.4, 0.5) is 0 Å². The number of hydrogen-bond acceptors (Lipinski definition) is 4. The second-order valence-electron chi connectivity index (χ2n) is 4.35. The normalized spacial score (nSPS) is 11.2. The Bertz CT molecular complexity index is 717. The highest BCUT2D eigenvalue weighted by atomic mass is 79.9. The zero-order chi connectivity index (χ0) is 16.0. The third kappa shape index (κ3) is 4.46. The predicted molar refractivity (Wildman–Crippen MR) is 87.8 cm³/mol. The molecule has 0 saturated carbocycles.